The topological polar surface area (TPSA) is 54.0 Å². The molecule has 1 aliphatic heterocycles. The van der Waals surface area contributed by atoms with Crippen LogP contribution in [0.5, 0.6) is 0 Å². The number of nitrogens with zero attached hydrogens (tertiary/aromatic N) is 1. The second-order valence-corrected chi connectivity index (χ2v) is 5.66. The quantitative estimate of drug-likeness (QED) is 0.910. The Balaban J connectivity index is 1.81. The van der Waals surface area contributed by atoms with Crippen LogP contribution in [-0.4, -0.2) is 24.0 Å². The van der Waals surface area contributed by atoms with Gasteiger partial charge in [-0.15, -0.1) is 0 Å². The molecule has 2 heterocycles. The Hall–Kier alpha value is -2.20. The minimum atomic E-state index is -0.141. The molecule has 1 aromatic carbocycles. The van der Waals surface area contributed by atoms with Crippen molar-refractivity contribution in [2.75, 3.05) is 13.1 Å². The highest BCUT2D eigenvalue weighted by atomic mass is 16.1. The second-order valence-electron chi connectivity index (χ2n) is 5.66. The number of carbonyl (C=O) groups is 1. The molecule has 3 rings (SSSR count). The number of rotatable bonds is 4. The molecule has 1 saturated heterocycles. The monoisotopic (exact) mass is 295 g/mol. The maximum Gasteiger partial charge on any atom is 0.223 e. The van der Waals surface area contributed by atoms with Gasteiger partial charge in [0.1, 0.15) is 0 Å². The van der Waals surface area contributed by atoms with Gasteiger partial charge >= 0.3 is 0 Å². The first kappa shape index (κ1) is 14.7. The van der Waals surface area contributed by atoms with Gasteiger partial charge in [0.15, 0.2) is 0 Å². The van der Waals surface area contributed by atoms with Gasteiger partial charge in [0.05, 0.1) is 6.04 Å². The number of nitrogens with one attached hydrogen (secondary N) is 2. The molecule has 1 amide bonds. The minimum Gasteiger partial charge on any atom is -0.345 e. The lowest BCUT2D eigenvalue weighted by Crippen LogP contribution is -2.40. The Labute approximate surface area is 131 Å². The third-order valence-electron chi connectivity index (χ3n) is 4.15. The molecule has 0 aliphatic carbocycles. The predicted octanol–water partition coefficient (Wildman–Crippen LogP) is 2.29. The fraction of sp³-hybridized carbons (Fsp3) is 0.333. The number of hydrogen-bond donors (Lipinski definition) is 2. The number of carbonyl (C=O) groups excluding carboxylic acids is 1. The van der Waals surface area contributed by atoms with E-state index in [1.807, 2.05) is 48.7 Å². The maximum atomic E-state index is 12.6. The Morgan fingerprint density at radius 3 is 2.50 bits per heavy atom. The van der Waals surface area contributed by atoms with Gasteiger partial charge in [-0.1, -0.05) is 36.4 Å². The van der Waals surface area contributed by atoms with Crippen molar-refractivity contribution in [1.29, 1.82) is 0 Å². The van der Waals surface area contributed by atoms with E-state index in [1.165, 1.54) is 0 Å². The van der Waals surface area contributed by atoms with Gasteiger partial charge < -0.3 is 10.6 Å². The molecule has 1 atom stereocenters. The molecule has 2 aromatic rings. The number of aromatic nitrogens is 1. The summed E-state index contributed by atoms with van der Waals surface area (Å²) in [7, 11) is 0. The average Bonchev–Trinajstić information content (AvgIpc) is 2.62. The first-order chi connectivity index (χ1) is 10.8. The zero-order valence-electron chi connectivity index (χ0n) is 12.5. The first-order valence-electron chi connectivity index (χ1n) is 7.80. The molecule has 22 heavy (non-hydrogen) atoms. The van der Waals surface area contributed by atoms with Crippen LogP contribution in [0.25, 0.3) is 0 Å². The van der Waals surface area contributed by atoms with Crippen LogP contribution >= 0.6 is 0 Å². The fourth-order valence-electron chi connectivity index (χ4n) is 2.90. The van der Waals surface area contributed by atoms with Crippen molar-refractivity contribution in [2.24, 2.45) is 5.92 Å². The van der Waals surface area contributed by atoms with Crippen molar-refractivity contribution < 1.29 is 4.79 Å². The van der Waals surface area contributed by atoms with Crippen molar-refractivity contribution in [3.63, 3.8) is 0 Å². The molecule has 0 radical (unpaired) electrons. The number of benzene rings is 1. The van der Waals surface area contributed by atoms with Crippen molar-refractivity contribution >= 4 is 5.91 Å². The summed E-state index contributed by atoms with van der Waals surface area (Å²) in [5.74, 6) is 0.239. The van der Waals surface area contributed by atoms with Gasteiger partial charge in [0.25, 0.3) is 0 Å². The SMILES string of the molecule is O=C(NC(c1ccccc1)c1cccnc1)C1CCNCC1. The molecule has 4 heteroatoms. The molecule has 1 aliphatic rings. The van der Waals surface area contributed by atoms with Gasteiger partial charge in [-0.05, 0) is 43.1 Å². The lowest BCUT2D eigenvalue weighted by atomic mass is 9.94. The molecule has 1 unspecified atom stereocenters. The van der Waals surface area contributed by atoms with E-state index in [4.69, 9.17) is 0 Å². The molecule has 0 saturated carbocycles. The van der Waals surface area contributed by atoms with Crippen LogP contribution < -0.4 is 10.6 Å². The van der Waals surface area contributed by atoms with Crippen LogP contribution in [0.3, 0.4) is 0 Å². The highest BCUT2D eigenvalue weighted by Crippen LogP contribution is 2.23. The summed E-state index contributed by atoms with van der Waals surface area (Å²) in [6.07, 6.45) is 5.38. The molecule has 4 nitrogen and oxygen atoms in total. The number of amides is 1. The maximum absolute atomic E-state index is 12.6. The average molecular weight is 295 g/mol. The molecule has 1 aromatic heterocycles. The van der Waals surface area contributed by atoms with Crippen LogP contribution in [0, 0.1) is 5.92 Å². The van der Waals surface area contributed by atoms with Gasteiger partial charge in [0, 0.05) is 18.3 Å². The van der Waals surface area contributed by atoms with E-state index >= 15 is 0 Å². The molecular weight excluding hydrogens is 274 g/mol. The summed E-state index contributed by atoms with van der Waals surface area (Å²) < 4.78 is 0. The van der Waals surface area contributed by atoms with E-state index in [2.05, 4.69) is 15.6 Å². The second kappa shape index (κ2) is 7.18. The number of pyridine rings is 1. The number of hydrogen-bond acceptors (Lipinski definition) is 3. The van der Waals surface area contributed by atoms with Crippen molar-refractivity contribution in [2.45, 2.75) is 18.9 Å². The van der Waals surface area contributed by atoms with E-state index in [1.54, 1.807) is 6.20 Å². The summed E-state index contributed by atoms with van der Waals surface area (Å²) in [4.78, 5) is 16.8. The predicted molar refractivity (Wildman–Crippen MR) is 86.3 cm³/mol. The lowest BCUT2D eigenvalue weighted by molar-refractivity contribution is -0.126. The van der Waals surface area contributed by atoms with Gasteiger partial charge in [-0.2, -0.15) is 0 Å². The molecular formula is C18H21N3O. The van der Waals surface area contributed by atoms with E-state index < -0.39 is 0 Å². The largest absolute Gasteiger partial charge is 0.345 e. The fourth-order valence-corrected chi connectivity index (χ4v) is 2.90. The zero-order valence-corrected chi connectivity index (χ0v) is 12.5. The van der Waals surface area contributed by atoms with E-state index in [0.717, 1.165) is 37.1 Å². The van der Waals surface area contributed by atoms with Gasteiger partial charge in [-0.3, -0.25) is 9.78 Å². The third-order valence-corrected chi connectivity index (χ3v) is 4.15. The van der Waals surface area contributed by atoms with Crippen LogP contribution in [-0.2, 0) is 4.79 Å². The Kier molecular flexibility index (Phi) is 4.81. The molecule has 0 bridgehead atoms. The molecule has 0 spiro atoms. The van der Waals surface area contributed by atoms with Crippen molar-refractivity contribution in [1.82, 2.24) is 15.6 Å². The number of piperidine rings is 1. The van der Waals surface area contributed by atoms with Crippen molar-refractivity contribution in [3.05, 3.63) is 66.0 Å². The molecule has 114 valence electrons. The van der Waals surface area contributed by atoms with Crippen LogP contribution in [0.15, 0.2) is 54.9 Å². The van der Waals surface area contributed by atoms with Crippen LogP contribution in [0.4, 0.5) is 0 Å². The normalized spacial score (nSPS) is 16.9. The van der Waals surface area contributed by atoms with Crippen LogP contribution in [0.2, 0.25) is 0 Å². The third kappa shape index (κ3) is 3.52. The Bertz CT molecular complexity index is 555. The van der Waals surface area contributed by atoms with E-state index in [9.17, 15) is 4.79 Å². The summed E-state index contributed by atoms with van der Waals surface area (Å²) in [5.41, 5.74) is 2.09. The highest BCUT2D eigenvalue weighted by Gasteiger charge is 2.24. The zero-order chi connectivity index (χ0) is 15.2. The standard InChI is InChI=1S/C18H21N3O/c22-18(15-8-11-19-12-9-15)21-17(14-5-2-1-3-6-14)16-7-4-10-20-13-16/h1-7,10,13,15,17,19H,8-9,11-12H2,(H,21,22). The summed E-state index contributed by atoms with van der Waals surface area (Å²) >= 11 is 0. The van der Waals surface area contributed by atoms with Gasteiger partial charge in [-0.25, -0.2) is 0 Å². The summed E-state index contributed by atoms with van der Waals surface area (Å²) in [6, 6.07) is 13.8. The smallest absolute Gasteiger partial charge is 0.223 e. The van der Waals surface area contributed by atoms with Crippen molar-refractivity contribution in [3.8, 4) is 0 Å². The Morgan fingerprint density at radius 2 is 1.82 bits per heavy atom. The van der Waals surface area contributed by atoms with Crippen LogP contribution in [0.1, 0.15) is 30.0 Å². The Morgan fingerprint density at radius 1 is 1.09 bits per heavy atom. The lowest BCUT2D eigenvalue weighted by Gasteiger charge is -2.26. The highest BCUT2D eigenvalue weighted by molar-refractivity contribution is 5.79. The van der Waals surface area contributed by atoms with E-state index in [-0.39, 0.29) is 17.9 Å². The van der Waals surface area contributed by atoms with Gasteiger partial charge in [0.2, 0.25) is 5.91 Å². The molecule has 2 N–H and O–H groups in total. The van der Waals surface area contributed by atoms with E-state index in [0.29, 0.717) is 0 Å². The minimum absolute atomic E-state index is 0.101. The summed E-state index contributed by atoms with van der Waals surface area (Å²) in [5, 5.41) is 6.51. The first-order valence-corrected chi connectivity index (χ1v) is 7.80. The molecule has 1 fully saturated rings. The summed E-state index contributed by atoms with van der Waals surface area (Å²) in [6.45, 7) is 1.84.